The van der Waals surface area contributed by atoms with Gasteiger partial charge in [-0.1, -0.05) is 40.1 Å². The van der Waals surface area contributed by atoms with Crippen LogP contribution in [0.4, 0.5) is 5.13 Å². The van der Waals surface area contributed by atoms with E-state index in [9.17, 15) is 4.79 Å². The van der Waals surface area contributed by atoms with Crippen LogP contribution in [0.3, 0.4) is 0 Å². The summed E-state index contributed by atoms with van der Waals surface area (Å²) in [5.74, 6) is -0.144. The van der Waals surface area contributed by atoms with E-state index in [4.69, 9.17) is 11.6 Å². The lowest BCUT2D eigenvalue weighted by Crippen LogP contribution is -2.12. The summed E-state index contributed by atoms with van der Waals surface area (Å²) in [4.78, 5) is 16.9. The molecule has 3 aromatic rings. The van der Waals surface area contributed by atoms with Gasteiger partial charge in [-0.15, -0.1) is 0 Å². The molecule has 1 N–H and O–H groups in total. The molecule has 3 nitrogen and oxygen atoms in total. The van der Waals surface area contributed by atoms with Crippen LogP contribution in [0.15, 0.2) is 30.3 Å². The third-order valence-electron chi connectivity index (χ3n) is 3.45. The first-order valence-corrected chi connectivity index (χ1v) is 8.09. The van der Waals surface area contributed by atoms with Gasteiger partial charge in [0.15, 0.2) is 5.13 Å². The molecule has 0 aliphatic rings. The number of hydrogen-bond donors (Lipinski definition) is 1. The smallest absolute Gasteiger partial charge is 0.257 e. The highest BCUT2D eigenvalue weighted by atomic mass is 35.5. The second kappa shape index (κ2) is 5.71. The number of nitrogens with zero attached hydrogens (tertiary/aromatic N) is 1. The Labute approximate surface area is 138 Å². The van der Waals surface area contributed by atoms with Gasteiger partial charge >= 0.3 is 0 Å². The number of carbonyl (C=O) groups excluding carboxylic acids is 1. The quantitative estimate of drug-likeness (QED) is 0.708. The van der Waals surface area contributed by atoms with Crippen molar-refractivity contribution in [2.45, 2.75) is 20.8 Å². The highest BCUT2D eigenvalue weighted by molar-refractivity contribution is 7.22. The van der Waals surface area contributed by atoms with Crippen LogP contribution in [0.1, 0.15) is 27.0 Å². The van der Waals surface area contributed by atoms with Gasteiger partial charge in [-0.2, -0.15) is 0 Å². The van der Waals surface area contributed by atoms with Gasteiger partial charge in [-0.3, -0.25) is 10.1 Å². The number of fused-ring (bicyclic) bond motifs is 1. The standard InChI is InChI=1S/C17H15ClN2OS/c1-9-6-10(2)8-12(7-9)16(21)20-17-19-15-11(3)13(18)4-5-14(15)22-17/h4-8H,1-3H3,(H,19,20,21). The molecule has 0 aliphatic heterocycles. The summed E-state index contributed by atoms with van der Waals surface area (Å²) < 4.78 is 1.01. The number of aryl methyl sites for hydroxylation is 3. The van der Waals surface area contributed by atoms with Crippen molar-refractivity contribution in [2.24, 2.45) is 0 Å². The zero-order valence-corrected chi connectivity index (χ0v) is 14.1. The van der Waals surface area contributed by atoms with E-state index >= 15 is 0 Å². The Bertz CT molecular complexity index is 865. The van der Waals surface area contributed by atoms with Crippen LogP contribution >= 0.6 is 22.9 Å². The first-order chi connectivity index (χ1) is 10.4. The Morgan fingerprint density at radius 3 is 2.50 bits per heavy atom. The molecule has 0 aliphatic carbocycles. The number of benzene rings is 2. The molecule has 112 valence electrons. The van der Waals surface area contributed by atoms with E-state index in [2.05, 4.69) is 10.3 Å². The minimum atomic E-state index is -0.144. The Morgan fingerprint density at radius 2 is 1.82 bits per heavy atom. The number of thiazole rings is 1. The van der Waals surface area contributed by atoms with Crippen molar-refractivity contribution < 1.29 is 4.79 Å². The molecule has 1 amide bonds. The van der Waals surface area contributed by atoms with E-state index in [0.717, 1.165) is 26.9 Å². The number of carbonyl (C=O) groups is 1. The first-order valence-electron chi connectivity index (χ1n) is 6.89. The highest BCUT2D eigenvalue weighted by Crippen LogP contribution is 2.31. The van der Waals surface area contributed by atoms with Crippen molar-refractivity contribution >= 4 is 44.2 Å². The molecule has 2 aromatic carbocycles. The molecule has 0 atom stereocenters. The van der Waals surface area contributed by atoms with Crippen LogP contribution in [-0.2, 0) is 0 Å². The Kier molecular flexibility index (Phi) is 3.89. The Hall–Kier alpha value is -1.91. The summed E-state index contributed by atoms with van der Waals surface area (Å²) in [6, 6.07) is 9.57. The normalized spacial score (nSPS) is 10.9. The molecule has 3 rings (SSSR count). The van der Waals surface area contributed by atoms with Crippen molar-refractivity contribution in [3.05, 3.63) is 57.6 Å². The van der Waals surface area contributed by atoms with Crippen LogP contribution < -0.4 is 5.32 Å². The molecule has 22 heavy (non-hydrogen) atoms. The number of anilines is 1. The van der Waals surface area contributed by atoms with Crippen molar-refractivity contribution in [3.8, 4) is 0 Å². The van der Waals surface area contributed by atoms with Crippen LogP contribution in [0.2, 0.25) is 5.02 Å². The van der Waals surface area contributed by atoms with Gasteiger partial charge < -0.3 is 0 Å². The largest absolute Gasteiger partial charge is 0.298 e. The highest BCUT2D eigenvalue weighted by Gasteiger charge is 2.12. The second-order valence-electron chi connectivity index (χ2n) is 5.37. The number of nitrogens with one attached hydrogen (secondary N) is 1. The zero-order valence-electron chi connectivity index (χ0n) is 12.5. The Morgan fingerprint density at radius 1 is 1.14 bits per heavy atom. The fourth-order valence-electron chi connectivity index (χ4n) is 2.43. The average molecular weight is 331 g/mol. The van der Waals surface area contributed by atoms with E-state index in [1.165, 1.54) is 11.3 Å². The molecule has 0 bridgehead atoms. The number of aromatic nitrogens is 1. The molecule has 0 unspecified atom stereocenters. The molecular weight excluding hydrogens is 316 g/mol. The minimum Gasteiger partial charge on any atom is -0.298 e. The van der Waals surface area contributed by atoms with E-state index < -0.39 is 0 Å². The lowest BCUT2D eigenvalue weighted by atomic mass is 10.1. The molecular formula is C17H15ClN2OS. The van der Waals surface area contributed by atoms with Gasteiger partial charge in [0.1, 0.15) is 0 Å². The van der Waals surface area contributed by atoms with Crippen molar-refractivity contribution in [2.75, 3.05) is 5.32 Å². The zero-order chi connectivity index (χ0) is 15.9. The summed E-state index contributed by atoms with van der Waals surface area (Å²) in [5.41, 5.74) is 4.55. The first kappa shape index (κ1) is 15.0. The molecule has 0 fully saturated rings. The predicted octanol–water partition coefficient (Wildman–Crippen LogP) is 5.13. The van der Waals surface area contributed by atoms with E-state index in [-0.39, 0.29) is 5.91 Å². The number of halogens is 1. The molecule has 0 saturated carbocycles. The SMILES string of the molecule is Cc1cc(C)cc(C(=O)Nc2nc3c(C)c(Cl)ccc3s2)c1. The molecule has 0 saturated heterocycles. The third-order valence-corrected chi connectivity index (χ3v) is 4.80. The fraction of sp³-hybridized carbons (Fsp3) is 0.176. The number of rotatable bonds is 2. The topological polar surface area (TPSA) is 42.0 Å². The molecule has 1 aromatic heterocycles. The maximum absolute atomic E-state index is 12.4. The molecule has 0 radical (unpaired) electrons. The van der Waals surface area contributed by atoms with E-state index in [0.29, 0.717) is 15.7 Å². The van der Waals surface area contributed by atoms with Gasteiger partial charge in [0.2, 0.25) is 0 Å². The summed E-state index contributed by atoms with van der Waals surface area (Å²) in [6.07, 6.45) is 0. The molecule has 0 spiro atoms. The Balaban J connectivity index is 1.92. The summed E-state index contributed by atoms with van der Waals surface area (Å²) in [5, 5.41) is 4.15. The predicted molar refractivity (Wildman–Crippen MR) is 93.2 cm³/mol. The van der Waals surface area contributed by atoms with Crippen LogP contribution in [-0.4, -0.2) is 10.9 Å². The fourth-order valence-corrected chi connectivity index (χ4v) is 3.50. The van der Waals surface area contributed by atoms with Gasteiger partial charge in [-0.05, 0) is 50.6 Å². The van der Waals surface area contributed by atoms with Gasteiger partial charge in [0, 0.05) is 10.6 Å². The average Bonchev–Trinajstić information content (AvgIpc) is 2.85. The van der Waals surface area contributed by atoms with Gasteiger partial charge in [0.05, 0.1) is 10.2 Å². The van der Waals surface area contributed by atoms with E-state index in [1.54, 1.807) is 0 Å². The van der Waals surface area contributed by atoms with Gasteiger partial charge in [0.25, 0.3) is 5.91 Å². The summed E-state index contributed by atoms with van der Waals surface area (Å²) in [7, 11) is 0. The third kappa shape index (κ3) is 2.85. The molecule has 1 heterocycles. The van der Waals surface area contributed by atoms with Crippen LogP contribution in [0.25, 0.3) is 10.2 Å². The summed E-state index contributed by atoms with van der Waals surface area (Å²) >= 11 is 7.56. The second-order valence-corrected chi connectivity index (χ2v) is 6.81. The van der Waals surface area contributed by atoms with Crippen LogP contribution in [0, 0.1) is 20.8 Å². The van der Waals surface area contributed by atoms with Crippen molar-refractivity contribution in [1.82, 2.24) is 4.98 Å². The summed E-state index contributed by atoms with van der Waals surface area (Å²) in [6.45, 7) is 5.89. The minimum absolute atomic E-state index is 0.144. The lowest BCUT2D eigenvalue weighted by molar-refractivity contribution is 0.102. The molecule has 5 heteroatoms. The maximum atomic E-state index is 12.4. The number of hydrogen-bond acceptors (Lipinski definition) is 3. The van der Waals surface area contributed by atoms with Crippen LogP contribution in [0.5, 0.6) is 0 Å². The maximum Gasteiger partial charge on any atom is 0.257 e. The lowest BCUT2D eigenvalue weighted by Gasteiger charge is -2.04. The van der Waals surface area contributed by atoms with Crippen molar-refractivity contribution in [3.63, 3.8) is 0 Å². The van der Waals surface area contributed by atoms with Gasteiger partial charge in [-0.25, -0.2) is 4.98 Å². The van der Waals surface area contributed by atoms with Crippen molar-refractivity contribution in [1.29, 1.82) is 0 Å². The number of amides is 1. The monoisotopic (exact) mass is 330 g/mol. The van der Waals surface area contributed by atoms with E-state index in [1.807, 2.05) is 51.1 Å².